The Balaban J connectivity index is 1.97. The lowest BCUT2D eigenvalue weighted by Gasteiger charge is -2.20. The topological polar surface area (TPSA) is 37.6 Å². The molecule has 1 amide bonds. The van der Waals surface area contributed by atoms with Crippen LogP contribution < -0.4 is 9.80 Å². The molecule has 0 aliphatic heterocycles. The Morgan fingerprint density at radius 2 is 1.92 bits per heavy atom. The predicted molar refractivity (Wildman–Crippen MR) is 100 cm³/mol. The van der Waals surface area contributed by atoms with Gasteiger partial charge in [0.25, 0.3) is 5.91 Å². The summed E-state index contributed by atoms with van der Waals surface area (Å²) in [6, 6.07) is 11.7. The molecule has 0 saturated heterocycles. The lowest BCUT2D eigenvalue weighted by molar-refractivity contribution is -0.856. The number of quaternary nitrogens is 1. The Labute approximate surface area is 150 Å². The van der Waals surface area contributed by atoms with E-state index in [2.05, 4.69) is 11.1 Å². The second-order valence-corrected chi connectivity index (χ2v) is 7.40. The van der Waals surface area contributed by atoms with E-state index in [1.165, 1.54) is 40.5 Å². The van der Waals surface area contributed by atoms with E-state index in [1.807, 2.05) is 33.2 Å². The molecule has 1 aromatic heterocycles. The first kappa shape index (κ1) is 17.5. The summed E-state index contributed by atoms with van der Waals surface area (Å²) < 4.78 is 14.2. The summed E-state index contributed by atoms with van der Waals surface area (Å²) >= 11 is 1.51. The van der Waals surface area contributed by atoms with E-state index in [-0.39, 0.29) is 11.7 Å². The van der Waals surface area contributed by atoms with Crippen molar-refractivity contribution in [3.63, 3.8) is 0 Å². The molecule has 3 aromatic rings. The third-order valence-electron chi connectivity index (χ3n) is 3.94. The molecule has 130 valence electrons. The molecule has 1 heterocycles. The standard InChI is InChI=1S/C19H20FN3OS/c1-13-4-9-16-17(12-13)25-19(21-16)23(11-10-22(2)3)18(24)14-5-7-15(20)8-6-14/h4-9,12H,10-11H2,1-3H3/p+1. The highest BCUT2D eigenvalue weighted by atomic mass is 32.1. The van der Waals surface area contributed by atoms with E-state index < -0.39 is 0 Å². The summed E-state index contributed by atoms with van der Waals surface area (Å²) in [5, 5.41) is 0.677. The molecular weight excluding hydrogens is 337 g/mol. The fourth-order valence-electron chi connectivity index (χ4n) is 2.50. The fraction of sp³-hybridized carbons (Fsp3) is 0.263. The number of aromatic nitrogens is 1. The van der Waals surface area contributed by atoms with E-state index in [4.69, 9.17) is 0 Å². The number of carbonyl (C=O) groups excluding carboxylic acids is 1. The number of rotatable bonds is 5. The van der Waals surface area contributed by atoms with Crippen LogP contribution in [0.1, 0.15) is 15.9 Å². The molecule has 0 fully saturated rings. The number of nitrogens with zero attached hydrogens (tertiary/aromatic N) is 2. The Bertz CT molecular complexity index is 889. The normalized spacial score (nSPS) is 11.2. The second kappa shape index (κ2) is 7.29. The molecule has 0 radical (unpaired) electrons. The van der Waals surface area contributed by atoms with Crippen molar-refractivity contribution < 1.29 is 14.1 Å². The van der Waals surface area contributed by atoms with Gasteiger partial charge in [-0.3, -0.25) is 9.69 Å². The Morgan fingerprint density at radius 3 is 2.60 bits per heavy atom. The number of hydrogen-bond acceptors (Lipinski definition) is 3. The van der Waals surface area contributed by atoms with Crippen LogP contribution in [0.5, 0.6) is 0 Å². The maximum atomic E-state index is 13.2. The summed E-state index contributed by atoms with van der Waals surface area (Å²) in [6.07, 6.45) is 0. The highest BCUT2D eigenvalue weighted by Gasteiger charge is 2.22. The number of carbonyl (C=O) groups is 1. The highest BCUT2D eigenvalue weighted by molar-refractivity contribution is 7.22. The van der Waals surface area contributed by atoms with Gasteiger partial charge in [0.2, 0.25) is 0 Å². The molecule has 0 atom stereocenters. The first-order valence-electron chi connectivity index (χ1n) is 8.17. The van der Waals surface area contributed by atoms with Crippen molar-refractivity contribution in [3.8, 4) is 0 Å². The molecule has 3 rings (SSSR count). The van der Waals surface area contributed by atoms with Gasteiger partial charge in [0, 0.05) is 5.56 Å². The predicted octanol–water partition coefficient (Wildman–Crippen LogP) is 2.54. The van der Waals surface area contributed by atoms with Crippen molar-refractivity contribution in [1.29, 1.82) is 0 Å². The first-order valence-corrected chi connectivity index (χ1v) is 8.99. The van der Waals surface area contributed by atoms with Gasteiger partial charge >= 0.3 is 0 Å². The van der Waals surface area contributed by atoms with E-state index in [9.17, 15) is 9.18 Å². The van der Waals surface area contributed by atoms with Crippen LogP contribution >= 0.6 is 11.3 Å². The molecule has 0 spiro atoms. The number of halogens is 1. The summed E-state index contributed by atoms with van der Waals surface area (Å²) in [5.41, 5.74) is 2.52. The first-order chi connectivity index (χ1) is 11.9. The molecule has 0 aliphatic carbocycles. The number of fused-ring (bicyclic) bond motifs is 1. The molecule has 25 heavy (non-hydrogen) atoms. The van der Waals surface area contributed by atoms with Crippen LogP contribution in [0.15, 0.2) is 42.5 Å². The number of likely N-dealkylation sites (N-methyl/N-ethyl adjacent to an activating group) is 1. The van der Waals surface area contributed by atoms with E-state index in [1.54, 1.807) is 4.90 Å². The van der Waals surface area contributed by atoms with Gasteiger partial charge in [-0.25, -0.2) is 9.37 Å². The van der Waals surface area contributed by atoms with Crippen molar-refractivity contribution in [2.45, 2.75) is 6.92 Å². The van der Waals surface area contributed by atoms with Crippen LogP contribution in [0, 0.1) is 12.7 Å². The lowest BCUT2D eigenvalue weighted by atomic mass is 10.2. The van der Waals surface area contributed by atoms with Crippen LogP contribution in [0.4, 0.5) is 9.52 Å². The minimum atomic E-state index is -0.351. The Kier molecular flexibility index (Phi) is 5.11. The SMILES string of the molecule is Cc1ccc2nc(N(CC[NH+](C)C)C(=O)c3ccc(F)cc3)sc2c1. The molecule has 0 aliphatic rings. The van der Waals surface area contributed by atoms with Crippen LogP contribution in [0.2, 0.25) is 0 Å². The van der Waals surface area contributed by atoms with E-state index in [0.29, 0.717) is 17.2 Å². The maximum absolute atomic E-state index is 13.2. The van der Waals surface area contributed by atoms with Crippen LogP contribution in [0.25, 0.3) is 10.2 Å². The van der Waals surface area contributed by atoms with Gasteiger partial charge in [0.15, 0.2) is 5.13 Å². The highest BCUT2D eigenvalue weighted by Crippen LogP contribution is 2.30. The van der Waals surface area contributed by atoms with Gasteiger partial charge < -0.3 is 4.90 Å². The zero-order valence-corrected chi connectivity index (χ0v) is 15.4. The van der Waals surface area contributed by atoms with Crippen molar-refractivity contribution in [2.75, 3.05) is 32.1 Å². The molecule has 6 heteroatoms. The average Bonchev–Trinajstić information content (AvgIpc) is 2.98. The van der Waals surface area contributed by atoms with E-state index in [0.717, 1.165) is 22.3 Å². The van der Waals surface area contributed by atoms with Crippen LogP contribution in [-0.2, 0) is 0 Å². The number of nitrogens with one attached hydrogen (secondary N) is 1. The van der Waals surface area contributed by atoms with Crippen molar-refractivity contribution in [3.05, 3.63) is 59.4 Å². The van der Waals surface area contributed by atoms with Gasteiger partial charge in [-0.15, -0.1) is 0 Å². The fourth-order valence-corrected chi connectivity index (χ4v) is 3.59. The number of thiazole rings is 1. The molecule has 0 bridgehead atoms. The van der Waals surface area contributed by atoms with Gasteiger partial charge in [-0.05, 0) is 48.9 Å². The van der Waals surface area contributed by atoms with Gasteiger partial charge in [-0.2, -0.15) is 0 Å². The van der Waals surface area contributed by atoms with Crippen LogP contribution in [-0.4, -0.2) is 38.1 Å². The van der Waals surface area contributed by atoms with Crippen molar-refractivity contribution in [2.24, 2.45) is 0 Å². The molecule has 4 nitrogen and oxygen atoms in total. The Morgan fingerprint density at radius 1 is 1.20 bits per heavy atom. The zero-order chi connectivity index (χ0) is 18.0. The van der Waals surface area contributed by atoms with Gasteiger partial charge in [0.05, 0.1) is 37.4 Å². The number of amides is 1. The molecule has 2 aromatic carbocycles. The number of hydrogen-bond donors (Lipinski definition) is 1. The number of benzene rings is 2. The minimum Gasteiger partial charge on any atom is -0.338 e. The molecule has 1 N–H and O–H groups in total. The molecular formula is C19H21FN3OS+. The largest absolute Gasteiger partial charge is 0.338 e. The lowest BCUT2D eigenvalue weighted by Crippen LogP contribution is -3.06. The number of aryl methyl sites for hydroxylation is 1. The minimum absolute atomic E-state index is 0.156. The Hall–Kier alpha value is -2.31. The average molecular weight is 358 g/mol. The van der Waals surface area contributed by atoms with Crippen LogP contribution in [0.3, 0.4) is 0 Å². The third kappa shape index (κ3) is 4.03. The summed E-state index contributed by atoms with van der Waals surface area (Å²) in [5.74, 6) is -0.506. The quantitative estimate of drug-likeness (QED) is 0.761. The van der Waals surface area contributed by atoms with Gasteiger partial charge in [-0.1, -0.05) is 17.4 Å². The molecule has 0 saturated carbocycles. The summed E-state index contributed by atoms with van der Waals surface area (Å²) in [4.78, 5) is 20.5. The zero-order valence-electron chi connectivity index (χ0n) is 14.5. The van der Waals surface area contributed by atoms with E-state index >= 15 is 0 Å². The summed E-state index contributed by atoms with van der Waals surface area (Å²) in [7, 11) is 4.09. The monoisotopic (exact) mass is 358 g/mol. The smallest absolute Gasteiger partial charge is 0.260 e. The molecule has 0 unspecified atom stereocenters. The second-order valence-electron chi connectivity index (χ2n) is 6.39. The van der Waals surface area contributed by atoms with Gasteiger partial charge in [0.1, 0.15) is 5.82 Å². The van der Waals surface area contributed by atoms with Crippen molar-refractivity contribution >= 4 is 32.6 Å². The maximum Gasteiger partial charge on any atom is 0.260 e. The summed E-state index contributed by atoms with van der Waals surface area (Å²) in [6.45, 7) is 3.38. The van der Waals surface area contributed by atoms with Crippen molar-refractivity contribution in [1.82, 2.24) is 4.98 Å². The third-order valence-corrected chi connectivity index (χ3v) is 4.98. The number of anilines is 1.